The molecule has 0 bridgehead atoms. The Kier molecular flexibility index (Phi) is 29.8. The van der Waals surface area contributed by atoms with E-state index in [9.17, 15) is 42.3 Å². The first-order chi connectivity index (χ1) is 50.3. The summed E-state index contributed by atoms with van der Waals surface area (Å²) >= 11 is 3.49. The van der Waals surface area contributed by atoms with Gasteiger partial charge in [-0.2, -0.15) is 0 Å². The van der Waals surface area contributed by atoms with E-state index in [2.05, 4.69) is 95.6 Å². The number of hydrogen-bond donors (Lipinski definition) is 7. The maximum Gasteiger partial charge on any atom is 0.319 e. The van der Waals surface area contributed by atoms with Crippen LogP contribution in [0.25, 0.3) is 22.8 Å². The highest BCUT2D eigenvalue weighted by molar-refractivity contribution is 9.10. The number of benzene rings is 6. The molecule has 2 aromatic heterocycles. The third kappa shape index (κ3) is 25.8. The number of rotatable bonds is 25. The van der Waals surface area contributed by atoms with Crippen molar-refractivity contribution in [3.63, 3.8) is 0 Å². The van der Waals surface area contributed by atoms with Gasteiger partial charge in [0.15, 0.2) is 23.2 Å². The second kappa shape index (κ2) is 39.2. The fourth-order valence-electron chi connectivity index (χ4n) is 14.0. The van der Waals surface area contributed by atoms with E-state index in [0.29, 0.717) is 70.1 Å². The molecule has 0 unspecified atom stereocenters. The molecule has 0 aliphatic carbocycles. The molecule has 0 saturated carbocycles. The van der Waals surface area contributed by atoms with Crippen molar-refractivity contribution in [2.24, 2.45) is 31.8 Å². The number of carbonyl (C=O) groups excluding carboxylic acids is 5. The highest BCUT2D eigenvalue weighted by atomic mass is 79.9. The summed E-state index contributed by atoms with van der Waals surface area (Å²) in [5, 5.41) is 51.3. The average molecular weight is 1520 g/mol. The number of halogens is 4. The molecule has 3 aliphatic heterocycles. The Bertz CT molecular complexity index is 4150. The van der Waals surface area contributed by atoms with Crippen LogP contribution in [-0.2, 0) is 33.4 Å². The smallest absolute Gasteiger partial charge is 0.319 e. The zero-order valence-corrected chi connectivity index (χ0v) is 62.8. The van der Waals surface area contributed by atoms with Gasteiger partial charge in [0.05, 0.1) is 0 Å². The minimum Gasteiger partial charge on any atom is -0.378 e. The number of Topliss-reactive ketones (excluding diaryl/α,β-unsaturated/α-hetero) is 2. The molecule has 8 aromatic rings. The third-order valence-corrected chi connectivity index (χ3v) is 19.8. The second-order valence-electron chi connectivity index (χ2n) is 28.4. The first kappa shape index (κ1) is 79.8. The summed E-state index contributed by atoms with van der Waals surface area (Å²) in [6, 6.07) is 37.0. The van der Waals surface area contributed by atoms with Crippen molar-refractivity contribution in [1.29, 1.82) is 0 Å². The van der Waals surface area contributed by atoms with Crippen LogP contribution in [0.2, 0.25) is 0 Å². The molecule has 6 amide bonds. The van der Waals surface area contributed by atoms with Gasteiger partial charge in [0.1, 0.15) is 23.7 Å². The lowest BCUT2D eigenvalue weighted by Gasteiger charge is -2.38. The zero-order chi connectivity index (χ0) is 75.1. The van der Waals surface area contributed by atoms with Crippen LogP contribution in [0.3, 0.4) is 0 Å². The Morgan fingerprint density at radius 3 is 1.47 bits per heavy atom. The summed E-state index contributed by atoms with van der Waals surface area (Å²) in [6.45, 7) is 17.6. The molecular weight excluding hydrogens is 1410 g/mol. The highest BCUT2D eigenvalue weighted by Crippen LogP contribution is 2.29. The average Bonchev–Trinajstić information content (AvgIpc) is 1.78. The van der Waals surface area contributed by atoms with Gasteiger partial charge < -0.3 is 46.8 Å². The molecule has 3 aliphatic rings. The molecule has 0 spiro atoms. The molecule has 8 atom stereocenters. The van der Waals surface area contributed by atoms with Crippen LogP contribution < -0.4 is 31.9 Å². The molecule has 105 heavy (non-hydrogen) atoms. The summed E-state index contributed by atoms with van der Waals surface area (Å²) in [4.78, 5) is 68.3. The van der Waals surface area contributed by atoms with Gasteiger partial charge in [-0.1, -0.05) is 64.5 Å². The maximum absolute atomic E-state index is 13.2. The van der Waals surface area contributed by atoms with E-state index >= 15 is 0 Å². The molecule has 574 valence electrons. The first-order valence-electron chi connectivity index (χ1n) is 36.2. The number of nitrogens with one attached hydrogen (secondary N) is 6. The van der Waals surface area contributed by atoms with E-state index in [1.165, 1.54) is 86.7 Å². The summed E-state index contributed by atoms with van der Waals surface area (Å²) in [5.41, 5.74) is 7.48. The first-order valence-corrected chi connectivity index (χ1v) is 37.0. The fourth-order valence-corrected chi connectivity index (χ4v) is 14.5. The van der Waals surface area contributed by atoms with Crippen molar-refractivity contribution in [2.45, 2.75) is 149 Å². The molecule has 0 radical (unpaired) electrons. The van der Waals surface area contributed by atoms with Crippen LogP contribution in [0, 0.1) is 35.2 Å². The van der Waals surface area contributed by atoms with E-state index in [1.54, 1.807) is 47.7 Å². The number of aliphatic hydroxyl groups is 1. The van der Waals surface area contributed by atoms with Crippen molar-refractivity contribution in [2.75, 3.05) is 61.8 Å². The Morgan fingerprint density at radius 1 is 0.524 bits per heavy atom. The van der Waals surface area contributed by atoms with Gasteiger partial charge in [-0.15, -0.1) is 10.2 Å². The third-order valence-electron chi connectivity index (χ3n) is 19.4. The topological polar surface area (TPSA) is 275 Å². The number of amides is 6. The number of likely N-dealkylation sites (tertiary alicyclic amines) is 3. The lowest BCUT2D eigenvalue weighted by atomic mass is 9.90. The van der Waals surface area contributed by atoms with Crippen LogP contribution in [0.4, 0.5) is 44.6 Å². The minimum absolute atomic E-state index is 0. The summed E-state index contributed by atoms with van der Waals surface area (Å²) in [7, 11) is 3.55. The number of ketones is 2. The fraction of sp³-hybridized carbons (Fsp3) is 0.449. The number of aryl methyl sites for hydroxylation is 2. The predicted octanol–water partition coefficient (Wildman–Crippen LogP) is 15.0. The number of hydrogen-bond acceptors (Lipinski definition) is 15. The molecule has 7 N–H and O–H groups in total. The van der Waals surface area contributed by atoms with Gasteiger partial charge in [0.25, 0.3) is 0 Å². The number of carbonyl (C=O) groups is 5. The zero-order valence-electron chi connectivity index (χ0n) is 61.2. The van der Waals surface area contributed by atoms with Crippen LogP contribution in [0.1, 0.15) is 147 Å². The molecule has 27 heteroatoms. The van der Waals surface area contributed by atoms with E-state index < -0.39 is 12.3 Å². The Morgan fingerprint density at radius 2 is 0.962 bits per heavy atom. The summed E-state index contributed by atoms with van der Waals surface area (Å²) in [5.74, 6) is 1.75. The van der Waals surface area contributed by atoms with E-state index in [-0.39, 0.29) is 69.2 Å². The predicted molar refractivity (Wildman–Crippen MR) is 420 cm³/mol. The van der Waals surface area contributed by atoms with Gasteiger partial charge in [0.2, 0.25) is 0 Å². The number of piperidine rings is 3. The Labute approximate surface area is 631 Å². The normalized spacial score (nSPS) is 17.7. The highest BCUT2D eigenvalue weighted by Gasteiger charge is 2.29. The van der Waals surface area contributed by atoms with Crippen LogP contribution in [0.5, 0.6) is 0 Å². The SMILES string of the molecule is CC(=O)c1cc(NC(=O)N[C@@H](C)C[C@@H](O)N2CCC[C@@H](Cc3ccc(F)cc3)C2)cc(C(C)=O)c1.C[C@H](CCN1CCC[C@@H](Cc2ccc(F)cc2)C1)NC(=O)Nc1cc(Br)cc(-c2nnnn2C)c1.C[C@H](C[C@@H](C)N1CCC[C@@H](Cc2ccc(F)cc2)C1)NC(=O)Nc1cccc(-c2nnnn2C)c1.[HH].[HH].[HH].[HH].[HH].[HH].[HH]. The molecule has 6 aromatic carbocycles. The molecule has 5 heterocycles. The van der Waals surface area contributed by atoms with Crippen LogP contribution in [0.15, 0.2) is 138 Å². The van der Waals surface area contributed by atoms with Crippen LogP contribution >= 0.6 is 15.9 Å². The Hall–Kier alpha value is -9.28. The van der Waals surface area contributed by atoms with Gasteiger partial charge >= 0.3 is 18.1 Å². The summed E-state index contributed by atoms with van der Waals surface area (Å²) in [6.07, 6.45) is 10.9. The van der Waals surface area contributed by atoms with Crippen molar-refractivity contribution in [3.8, 4) is 22.8 Å². The van der Waals surface area contributed by atoms with Crippen molar-refractivity contribution >= 4 is 62.7 Å². The molecular formula is C78H113BrF3N17O6. The van der Waals surface area contributed by atoms with Gasteiger partial charge in [-0.25, -0.2) is 36.9 Å². The van der Waals surface area contributed by atoms with Gasteiger partial charge in [-0.3, -0.25) is 14.5 Å². The number of aliphatic hydroxyl groups excluding tert-OH is 1. The van der Waals surface area contributed by atoms with Gasteiger partial charge in [0, 0.05) is 131 Å². The van der Waals surface area contributed by atoms with Crippen molar-refractivity contribution in [1.82, 2.24) is 71.1 Å². The minimum atomic E-state index is -0.702. The van der Waals surface area contributed by atoms with E-state index in [0.717, 1.165) is 118 Å². The number of nitrogens with zero attached hydrogens (tertiary/aromatic N) is 11. The molecule has 23 nitrogen and oxygen atoms in total. The van der Waals surface area contributed by atoms with E-state index in [4.69, 9.17) is 0 Å². The molecule has 11 rings (SSSR count). The number of aromatic nitrogens is 8. The summed E-state index contributed by atoms with van der Waals surface area (Å²) < 4.78 is 43.5. The molecule has 3 fully saturated rings. The number of urea groups is 3. The second-order valence-corrected chi connectivity index (χ2v) is 29.3. The Balaban J connectivity index is 0.000000553. The van der Waals surface area contributed by atoms with E-state index in [1.807, 2.05) is 92.4 Å². The standard InChI is InChI=1S/C27H34FN3O4.C26H34FN7O.C25H31BrFN7O.7H2/c1-17(29-27(35)30-25-14-22(18(2)32)13-23(15-25)19(3)33)11-26(34)31-10-4-5-21(16-31)12-20-6-8-24(28)9-7-20;1-18(28-26(35)29-24-8-4-7-22(16-24)25-30-31-32-33(25)3)14-19(2)34-13-5-6-21(17-34)15-20-9-11-23(27)12-10-20;1-17(9-11-34-10-3-4-19(16-34)12-18-5-7-22(27)8-6-18)28-25(35)29-23-14-20(13-21(26)15-23)24-30-31-32-33(24)2;;;;;;;/h6-9,13-15,17,21,26,34H,4-5,10-12,16H2,1-3H3,(H2,29,30,35);4,7-12,16,18-19,21H,5-6,13-15,17H2,1-3H3,(H2,28,29,35);5-8,13-15,17,19H,3-4,9-12,16H2,1-2H3,(H2,28,29,35);7*1H/t17-,21-,26+;18-,19-,21+;17-,19+;;;;;;;/m011......./s1. The lowest BCUT2D eigenvalue weighted by molar-refractivity contribution is -0.0306. The monoisotopic (exact) mass is 1520 g/mol. The van der Waals surface area contributed by atoms with Crippen molar-refractivity contribution in [3.05, 3.63) is 183 Å². The lowest BCUT2D eigenvalue weighted by Crippen LogP contribution is -2.47. The largest absolute Gasteiger partial charge is 0.378 e. The quantitative estimate of drug-likeness (QED) is 0.0262. The van der Waals surface area contributed by atoms with Crippen molar-refractivity contribution < 1.29 is 52.2 Å². The van der Waals surface area contributed by atoms with Crippen LogP contribution in [-0.4, -0.2) is 166 Å². The molecule has 3 saturated heterocycles. The number of anilines is 3. The number of tetrazole rings is 2. The maximum atomic E-state index is 13.2. The van der Waals surface area contributed by atoms with Gasteiger partial charge in [-0.05, 0) is 265 Å².